The predicted octanol–water partition coefficient (Wildman–Crippen LogP) is 4.05. The summed E-state index contributed by atoms with van der Waals surface area (Å²) in [4.78, 5) is 2.38. The van der Waals surface area contributed by atoms with E-state index in [-0.39, 0.29) is 6.04 Å². The molecule has 0 saturated carbocycles. The van der Waals surface area contributed by atoms with Gasteiger partial charge in [0.05, 0.1) is 41.7 Å². The summed E-state index contributed by atoms with van der Waals surface area (Å²) in [6, 6.07) is 6.06. The van der Waals surface area contributed by atoms with E-state index in [0.717, 1.165) is 58.6 Å². The molecule has 0 unspecified atom stereocenters. The molecule has 1 fully saturated rings. The van der Waals surface area contributed by atoms with E-state index in [1.807, 2.05) is 18.2 Å². The standard InChI is InChI=1S/C25H29NO6/c1-28-18-9-13-14(10-19(18)29-2)22-15(11-20(30-3)24(31-4)25(22)32-5)21-16(13)12-26-8-6-7-17(26)23(21)27/h9-11,17,23,27H,6-8,12H2,1-5H3/t17-,23-/m1/s1. The molecule has 32 heavy (non-hydrogen) atoms. The highest BCUT2D eigenvalue weighted by atomic mass is 16.5. The zero-order valence-electron chi connectivity index (χ0n) is 19.2. The smallest absolute Gasteiger partial charge is 0.203 e. The number of benzene rings is 3. The van der Waals surface area contributed by atoms with Crippen LogP contribution in [0, 0.1) is 0 Å². The van der Waals surface area contributed by atoms with E-state index in [4.69, 9.17) is 23.7 Å². The molecule has 3 aromatic rings. The first-order valence-electron chi connectivity index (χ1n) is 10.8. The largest absolute Gasteiger partial charge is 0.493 e. The van der Waals surface area contributed by atoms with Crippen molar-refractivity contribution >= 4 is 21.5 Å². The van der Waals surface area contributed by atoms with Crippen LogP contribution in [0.25, 0.3) is 21.5 Å². The van der Waals surface area contributed by atoms with Gasteiger partial charge in [-0.3, -0.25) is 4.90 Å². The Hall–Kier alpha value is -2.90. The van der Waals surface area contributed by atoms with Crippen LogP contribution in [-0.4, -0.2) is 58.1 Å². The van der Waals surface area contributed by atoms with Gasteiger partial charge in [-0.25, -0.2) is 0 Å². The van der Waals surface area contributed by atoms with E-state index in [1.165, 1.54) is 0 Å². The molecule has 5 rings (SSSR count). The highest BCUT2D eigenvalue weighted by Crippen LogP contribution is 2.53. The van der Waals surface area contributed by atoms with Gasteiger partial charge in [-0.05, 0) is 64.9 Å². The van der Waals surface area contributed by atoms with Crippen molar-refractivity contribution < 1.29 is 28.8 Å². The second kappa shape index (κ2) is 7.90. The van der Waals surface area contributed by atoms with Crippen molar-refractivity contribution in [3.63, 3.8) is 0 Å². The maximum absolute atomic E-state index is 11.6. The average Bonchev–Trinajstić information content (AvgIpc) is 3.30. The number of aliphatic hydroxyl groups is 1. The van der Waals surface area contributed by atoms with Crippen LogP contribution in [0.3, 0.4) is 0 Å². The van der Waals surface area contributed by atoms with Gasteiger partial charge in [0.25, 0.3) is 0 Å². The number of aliphatic hydroxyl groups excluding tert-OH is 1. The number of ether oxygens (including phenoxy) is 5. The minimum absolute atomic E-state index is 0.113. The zero-order valence-corrected chi connectivity index (χ0v) is 19.2. The van der Waals surface area contributed by atoms with Crippen LogP contribution in [0.2, 0.25) is 0 Å². The Bertz CT molecular complexity index is 1210. The van der Waals surface area contributed by atoms with Crippen LogP contribution in [-0.2, 0) is 6.54 Å². The van der Waals surface area contributed by atoms with E-state index < -0.39 is 6.10 Å². The molecule has 2 aliphatic rings. The summed E-state index contributed by atoms with van der Waals surface area (Å²) in [7, 11) is 8.10. The molecule has 0 spiro atoms. The second-order valence-electron chi connectivity index (χ2n) is 8.34. The summed E-state index contributed by atoms with van der Waals surface area (Å²) >= 11 is 0. The number of nitrogens with zero attached hydrogens (tertiary/aromatic N) is 1. The van der Waals surface area contributed by atoms with Crippen LogP contribution < -0.4 is 23.7 Å². The molecule has 7 heteroatoms. The number of rotatable bonds is 5. The van der Waals surface area contributed by atoms with E-state index in [9.17, 15) is 5.11 Å². The lowest BCUT2D eigenvalue weighted by atomic mass is 9.83. The number of hydrogen-bond donors (Lipinski definition) is 1. The second-order valence-corrected chi connectivity index (χ2v) is 8.34. The lowest BCUT2D eigenvalue weighted by Crippen LogP contribution is -2.39. The summed E-state index contributed by atoms with van der Waals surface area (Å²) in [5.74, 6) is 2.95. The first-order valence-corrected chi connectivity index (χ1v) is 10.8. The van der Waals surface area contributed by atoms with Gasteiger partial charge in [-0.15, -0.1) is 0 Å². The maximum Gasteiger partial charge on any atom is 0.203 e. The molecular weight excluding hydrogens is 410 g/mol. The highest BCUT2D eigenvalue weighted by Gasteiger charge is 2.40. The van der Waals surface area contributed by atoms with Gasteiger partial charge in [0.1, 0.15) is 0 Å². The minimum atomic E-state index is -0.607. The van der Waals surface area contributed by atoms with Crippen molar-refractivity contribution in [1.29, 1.82) is 0 Å². The van der Waals surface area contributed by atoms with Crippen molar-refractivity contribution in [3.05, 3.63) is 29.3 Å². The van der Waals surface area contributed by atoms with Crippen molar-refractivity contribution in [2.24, 2.45) is 0 Å². The zero-order chi connectivity index (χ0) is 22.6. The van der Waals surface area contributed by atoms with Crippen LogP contribution in [0.1, 0.15) is 30.1 Å². The number of fused-ring (bicyclic) bond motifs is 7. The Balaban J connectivity index is 2.00. The van der Waals surface area contributed by atoms with Crippen molar-refractivity contribution in [2.75, 3.05) is 42.1 Å². The average molecular weight is 440 g/mol. The lowest BCUT2D eigenvalue weighted by Gasteiger charge is -2.37. The quantitative estimate of drug-likeness (QED) is 0.602. The molecule has 0 radical (unpaired) electrons. The molecular formula is C25H29NO6. The van der Waals surface area contributed by atoms with Gasteiger partial charge < -0.3 is 28.8 Å². The molecule has 170 valence electrons. The minimum Gasteiger partial charge on any atom is -0.493 e. The van der Waals surface area contributed by atoms with Crippen LogP contribution in [0.15, 0.2) is 18.2 Å². The summed E-state index contributed by atoms with van der Waals surface area (Å²) < 4.78 is 28.4. The Morgan fingerprint density at radius 1 is 0.781 bits per heavy atom. The fourth-order valence-corrected chi connectivity index (χ4v) is 5.59. The summed E-state index contributed by atoms with van der Waals surface area (Å²) in [6.07, 6.45) is 1.46. The third kappa shape index (κ3) is 2.81. The Morgan fingerprint density at radius 3 is 2.03 bits per heavy atom. The Kier molecular flexibility index (Phi) is 5.18. The van der Waals surface area contributed by atoms with Crippen LogP contribution >= 0.6 is 0 Å². The lowest BCUT2D eigenvalue weighted by molar-refractivity contribution is 0.0552. The molecule has 2 aliphatic heterocycles. The highest BCUT2D eigenvalue weighted by molar-refractivity contribution is 6.16. The SMILES string of the molecule is COc1cc2c3c(c4cc(OC)c(OC)c(OC)c4c2cc1OC)[C@H](O)[C@H]1CCCN1C3. The third-order valence-corrected chi connectivity index (χ3v) is 7.00. The molecule has 0 aromatic heterocycles. The molecule has 0 bridgehead atoms. The van der Waals surface area contributed by atoms with Crippen molar-refractivity contribution in [1.82, 2.24) is 4.90 Å². The van der Waals surface area contributed by atoms with Gasteiger partial charge in [-0.1, -0.05) is 0 Å². The van der Waals surface area contributed by atoms with Crippen LogP contribution in [0.5, 0.6) is 28.7 Å². The van der Waals surface area contributed by atoms with Crippen molar-refractivity contribution in [2.45, 2.75) is 31.5 Å². The molecule has 2 heterocycles. The molecule has 3 aromatic carbocycles. The van der Waals surface area contributed by atoms with Gasteiger partial charge in [0.15, 0.2) is 23.0 Å². The molecule has 7 nitrogen and oxygen atoms in total. The topological polar surface area (TPSA) is 69.6 Å². The van der Waals surface area contributed by atoms with Gasteiger partial charge >= 0.3 is 0 Å². The van der Waals surface area contributed by atoms with E-state index >= 15 is 0 Å². The Labute approximate surface area is 187 Å². The fourth-order valence-electron chi connectivity index (χ4n) is 5.59. The first-order chi connectivity index (χ1) is 15.6. The molecule has 0 amide bonds. The van der Waals surface area contributed by atoms with Crippen LogP contribution in [0.4, 0.5) is 0 Å². The fraction of sp³-hybridized carbons (Fsp3) is 0.440. The van der Waals surface area contributed by atoms with Gasteiger partial charge in [0, 0.05) is 18.0 Å². The third-order valence-electron chi connectivity index (χ3n) is 7.00. The molecule has 0 aliphatic carbocycles. The van der Waals surface area contributed by atoms with Gasteiger partial charge in [-0.2, -0.15) is 0 Å². The summed E-state index contributed by atoms with van der Waals surface area (Å²) in [6.45, 7) is 1.76. The van der Waals surface area contributed by atoms with E-state index in [2.05, 4.69) is 4.90 Å². The predicted molar refractivity (Wildman–Crippen MR) is 123 cm³/mol. The van der Waals surface area contributed by atoms with E-state index in [1.54, 1.807) is 35.5 Å². The van der Waals surface area contributed by atoms with Gasteiger partial charge in [0.2, 0.25) is 5.75 Å². The maximum atomic E-state index is 11.6. The van der Waals surface area contributed by atoms with Crippen molar-refractivity contribution in [3.8, 4) is 28.7 Å². The first kappa shape index (κ1) is 21.0. The number of hydrogen-bond acceptors (Lipinski definition) is 7. The normalized spacial score (nSPS) is 20.2. The molecule has 1 saturated heterocycles. The van der Waals surface area contributed by atoms with E-state index in [0.29, 0.717) is 28.7 Å². The monoisotopic (exact) mass is 439 g/mol. The Morgan fingerprint density at radius 2 is 1.41 bits per heavy atom. The molecule has 2 atom stereocenters. The number of methoxy groups -OCH3 is 5. The molecule has 1 N–H and O–H groups in total. The summed E-state index contributed by atoms with van der Waals surface area (Å²) in [5.41, 5.74) is 2.04. The summed E-state index contributed by atoms with van der Waals surface area (Å²) in [5, 5.41) is 15.3.